The minimum Gasteiger partial charge on any atom is -0.394 e. The highest BCUT2D eigenvalue weighted by atomic mass is 16.8. The normalized spacial score (nSPS) is 57.3. The quantitative estimate of drug-likeness (QED) is 0.0891. The SMILES string of the molecule is CC1(C)CCC23COC4(CCC5C6(C)CCC(OC7OCC(OC8OC(CO)C(OC9OCC(O)C(O)C9O)C(O)C8OC8OCC(O)C(O)C8O)C(O)C7OC7OC(CO)C(O)C(O)C7O)C(C)(C)C6CCC5(C)C4(C)CC2O)C3C1. The van der Waals surface area contributed by atoms with Crippen LogP contribution in [0.4, 0.5) is 0 Å². The van der Waals surface area contributed by atoms with Gasteiger partial charge in [0.1, 0.15) is 104 Å². The van der Waals surface area contributed by atoms with Crippen molar-refractivity contribution in [3.8, 4) is 0 Å². The van der Waals surface area contributed by atoms with Crippen molar-refractivity contribution < 1.29 is 124 Å². The Morgan fingerprint density at radius 1 is 0.451 bits per heavy atom. The molecule has 5 aliphatic carbocycles. The van der Waals surface area contributed by atoms with E-state index in [-0.39, 0.29) is 44.5 Å². The van der Waals surface area contributed by atoms with Crippen molar-refractivity contribution in [1.82, 2.24) is 0 Å². The summed E-state index contributed by atoms with van der Waals surface area (Å²) in [6.45, 7) is 13.9. The molecular weight excluding hydrogens is 1080 g/mol. The minimum absolute atomic E-state index is 0.134. The Morgan fingerprint density at radius 3 is 1.67 bits per heavy atom. The second-order valence-electron chi connectivity index (χ2n) is 28.6. The Kier molecular flexibility index (Phi) is 17.2. The molecule has 5 saturated carbocycles. The summed E-state index contributed by atoms with van der Waals surface area (Å²) < 4.78 is 68.3. The van der Waals surface area contributed by atoms with Gasteiger partial charge in [-0.05, 0) is 104 Å². The molecule has 82 heavy (non-hydrogen) atoms. The Bertz CT molecular complexity index is 2230. The maximum atomic E-state index is 12.6. The molecule has 25 heteroatoms. The van der Waals surface area contributed by atoms with Crippen LogP contribution in [-0.2, 0) is 52.1 Å². The fourth-order valence-electron chi connectivity index (χ4n) is 18.6. The summed E-state index contributed by atoms with van der Waals surface area (Å²) in [6.07, 6.45) is -29.8. The highest BCUT2D eigenvalue weighted by Crippen LogP contribution is 2.80. The van der Waals surface area contributed by atoms with Crippen molar-refractivity contribution >= 4 is 0 Å². The number of fused-ring (bicyclic) bond motifs is 4. The molecule has 11 rings (SSSR count). The van der Waals surface area contributed by atoms with Crippen LogP contribution in [0.25, 0.3) is 0 Å². The second kappa shape index (κ2) is 22.5. The van der Waals surface area contributed by atoms with Gasteiger partial charge in [-0.15, -0.1) is 0 Å². The van der Waals surface area contributed by atoms with E-state index in [1.54, 1.807) is 0 Å². The summed E-state index contributed by atoms with van der Waals surface area (Å²) in [5.41, 5.74) is -1.52. The van der Waals surface area contributed by atoms with E-state index in [1.807, 2.05) is 0 Å². The zero-order chi connectivity index (χ0) is 59.2. The van der Waals surface area contributed by atoms with E-state index < -0.39 is 186 Å². The Labute approximate surface area is 477 Å². The first-order valence-electron chi connectivity index (χ1n) is 30.0. The summed E-state index contributed by atoms with van der Waals surface area (Å²) in [5.74, 6) is 0.704. The van der Waals surface area contributed by atoms with Gasteiger partial charge in [0.2, 0.25) is 0 Å². The second-order valence-corrected chi connectivity index (χ2v) is 28.6. The van der Waals surface area contributed by atoms with Gasteiger partial charge in [-0.25, -0.2) is 0 Å². The van der Waals surface area contributed by atoms with E-state index in [4.69, 9.17) is 52.1 Å². The lowest BCUT2D eigenvalue weighted by Gasteiger charge is -2.75. The van der Waals surface area contributed by atoms with Crippen LogP contribution in [-0.4, -0.2) is 264 Å². The van der Waals surface area contributed by atoms with E-state index in [0.29, 0.717) is 25.4 Å². The Hall–Kier alpha value is -1.00. The average molecular weight is 1180 g/mol. The predicted molar refractivity (Wildman–Crippen MR) is 277 cm³/mol. The van der Waals surface area contributed by atoms with Crippen LogP contribution in [0.2, 0.25) is 0 Å². The summed E-state index contributed by atoms with van der Waals surface area (Å²) in [4.78, 5) is 0. The third-order valence-electron chi connectivity index (χ3n) is 23.6. The van der Waals surface area contributed by atoms with Crippen LogP contribution in [0.5, 0.6) is 0 Å². The number of ether oxygens (including phenoxy) is 11. The molecular formula is C57H94O25. The van der Waals surface area contributed by atoms with Crippen LogP contribution < -0.4 is 0 Å². The molecule has 11 aliphatic rings. The van der Waals surface area contributed by atoms with Crippen LogP contribution >= 0.6 is 0 Å². The Balaban J connectivity index is 0.851. The molecule has 6 saturated heterocycles. The molecule has 6 aliphatic heterocycles. The predicted octanol–water partition coefficient (Wildman–Crippen LogP) is -2.61. The van der Waals surface area contributed by atoms with Crippen molar-refractivity contribution in [1.29, 1.82) is 0 Å². The van der Waals surface area contributed by atoms with E-state index in [9.17, 15) is 71.5 Å². The van der Waals surface area contributed by atoms with Crippen molar-refractivity contribution in [2.45, 2.75) is 266 Å². The third kappa shape index (κ3) is 9.75. The van der Waals surface area contributed by atoms with Gasteiger partial charge in [0.05, 0.1) is 57.5 Å². The molecule has 472 valence electrons. The maximum absolute atomic E-state index is 12.6. The van der Waals surface area contributed by atoms with Gasteiger partial charge in [-0.1, -0.05) is 48.5 Å². The zero-order valence-electron chi connectivity index (χ0n) is 48.2. The van der Waals surface area contributed by atoms with Crippen molar-refractivity contribution in [3.63, 3.8) is 0 Å². The number of hydrogen-bond donors (Lipinski definition) is 14. The molecule has 14 N–H and O–H groups in total. The zero-order valence-corrected chi connectivity index (χ0v) is 48.2. The fourth-order valence-corrected chi connectivity index (χ4v) is 18.6. The molecule has 1 spiro atoms. The molecule has 0 radical (unpaired) electrons. The molecule has 32 unspecified atom stereocenters. The highest BCUT2D eigenvalue weighted by molar-refractivity contribution is 5.28. The minimum atomic E-state index is -1.96. The number of hydrogen-bond acceptors (Lipinski definition) is 25. The van der Waals surface area contributed by atoms with Gasteiger partial charge < -0.3 is 124 Å². The molecule has 6 heterocycles. The summed E-state index contributed by atoms with van der Waals surface area (Å²) >= 11 is 0. The molecule has 0 aromatic heterocycles. The van der Waals surface area contributed by atoms with Crippen LogP contribution in [0.15, 0.2) is 0 Å². The fraction of sp³-hybridized carbons (Fsp3) is 1.00. The first-order chi connectivity index (χ1) is 38.5. The topological polar surface area (TPSA) is 385 Å². The standard InChI is InChI=1S/C57H94O25/c1-51(2)14-15-56-23-75-57(31(56)16-51)13-9-30-53(5)11-10-33(52(3,4)29(53)8-12-54(30,6)55(57,7)17-32(56)62)79-49-44(82-48-41(70)38(67)36(65)26(18-58)76-48)37(66)28(22-74-49)78-50-45(81-47-40(69)35(64)25(61)21-73-47)42(71)43(27(19-59)77-50)80-46-39(68)34(63)24(60)20-72-46/h24-50,58-71H,8-23H2,1-7H3. The number of aliphatic hydroxyl groups is 14. The average Bonchev–Trinajstić information content (AvgIpc) is 1.28. The van der Waals surface area contributed by atoms with Crippen molar-refractivity contribution in [2.24, 2.45) is 50.2 Å². The van der Waals surface area contributed by atoms with Gasteiger partial charge in [-0.3, -0.25) is 0 Å². The number of rotatable bonds is 12. The maximum Gasteiger partial charge on any atom is 0.187 e. The van der Waals surface area contributed by atoms with Gasteiger partial charge in [-0.2, -0.15) is 0 Å². The molecule has 0 aromatic carbocycles. The molecule has 11 fully saturated rings. The summed E-state index contributed by atoms with van der Waals surface area (Å²) in [7, 11) is 0. The van der Waals surface area contributed by atoms with E-state index >= 15 is 0 Å². The van der Waals surface area contributed by atoms with E-state index in [0.717, 1.165) is 51.4 Å². The molecule has 2 bridgehead atoms. The molecule has 25 nitrogen and oxygen atoms in total. The Morgan fingerprint density at radius 2 is 1.02 bits per heavy atom. The van der Waals surface area contributed by atoms with Gasteiger partial charge in [0.15, 0.2) is 31.5 Å². The molecule has 32 atom stereocenters. The van der Waals surface area contributed by atoms with E-state index in [1.165, 1.54) is 0 Å². The summed E-state index contributed by atoms with van der Waals surface area (Å²) in [5, 5.41) is 154. The first-order valence-corrected chi connectivity index (χ1v) is 30.0. The molecule has 0 amide bonds. The van der Waals surface area contributed by atoms with Gasteiger partial charge in [0.25, 0.3) is 0 Å². The lowest BCUT2D eigenvalue weighted by atomic mass is 9.30. The number of aliphatic hydroxyl groups excluding tert-OH is 14. The largest absolute Gasteiger partial charge is 0.394 e. The van der Waals surface area contributed by atoms with Crippen LogP contribution in [0.1, 0.15) is 113 Å². The van der Waals surface area contributed by atoms with Crippen LogP contribution in [0, 0.1) is 50.2 Å². The molecule has 0 aromatic rings. The van der Waals surface area contributed by atoms with E-state index in [2.05, 4.69) is 48.5 Å². The van der Waals surface area contributed by atoms with Gasteiger partial charge in [0, 0.05) is 10.8 Å². The highest BCUT2D eigenvalue weighted by Gasteiger charge is 2.80. The monoisotopic (exact) mass is 1180 g/mol. The lowest BCUT2D eigenvalue weighted by Crippen LogP contribution is -2.74. The summed E-state index contributed by atoms with van der Waals surface area (Å²) in [6, 6.07) is 0. The van der Waals surface area contributed by atoms with Crippen molar-refractivity contribution in [2.75, 3.05) is 39.6 Å². The lowest BCUT2D eigenvalue weighted by molar-refractivity contribution is -0.400. The smallest absolute Gasteiger partial charge is 0.187 e. The van der Waals surface area contributed by atoms with Crippen molar-refractivity contribution in [3.05, 3.63) is 0 Å². The van der Waals surface area contributed by atoms with Crippen LogP contribution in [0.3, 0.4) is 0 Å². The third-order valence-corrected chi connectivity index (χ3v) is 23.6. The van der Waals surface area contributed by atoms with Gasteiger partial charge >= 0.3 is 0 Å². The first kappa shape index (κ1) is 62.6.